The molecule has 1 atom stereocenters. The summed E-state index contributed by atoms with van der Waals surface area (Å²) < 4.78 is 11.8. The number of hydrogen-bond acceptors (Lipinski definition) is 5. The van der Waals surface area contributed by atoms with E-state index >= 15 is 0 Å². The van der Waals surface area contributed by atoms with Gasteiger partial charge in [-0.15, -0.1) is 0 Å². The number of hydrogen-bond donors (Lipinski definition) is 1. The first-order valence-electron chi connectivity index (χ1n) is 13.2. The normalized spacial score (nSPS) is 18.6. The standard InChI is InChI=1S/C30H36N2O5/c1-3-4-6-11-28(33)32-18-16-23-13-14-24(20-25(23)29(32)30(34)35)36-19-17-26-21(2)37-27(31-26)15-12-22-9-7-5-8-10-22/h3-4,6,11-15,20,22,29H,5,7-10,16-19H2,1-2H3,(H,34,35)/b4-3?,11-6?,15-12+. The zero-order chi connectivity index (χ0) is 26.2. The highest BCUT2D eigenvalue weighted by molar-refractivity contribution is 5.92. The van der Waals surface area contributed by atoms with Crippen LogP contribution in [0.5, 0.6) is 5.75 Å². The molecule has 1 N–H and O–H groups in total. The van der Waals surface area contributed by atoms with Gasteiger partial charge in [0.05, 0.1) is 12.3 Å². The van der Waals surface area contributed by atoms with Crippen molar-refractivity contribution in [1.29, 1.82) is 0 Å². The van der Waals surface area contributed by atoms with E-state index in [1.165, 1.54) is 43.1 Å². The molecule has 7 nitrogen and oxygen atoms in total. The molecule has 2 aromatic rings. The minimum Gasteiger partial charge on any atom is -0.493 e. The molecule has 1 amide bonds. The van der Waals surface area contributed by atoms with Gasteiger partial charge in [-0.3, -0.25) is 4.79 Å². The molecule has 1 aromatic carbocycles. The Labute approximate surface area is 218 Å². The first-order valence-corrected chi connectivity index (χ1v) is 13.2. The second-order valence-electron chi connectivity index (χ2n) is 9.68. The van der Waals surface area contributed by atoms with Gasteiger partial charge in [-0.25, -0.2) is 9.78 Å². The fourth-order valence-corrected chi connectivity index (χ4v) is 5.10. The van der Waals surface area contributed by atoms with Gasteiger partial charge >= 0.3 is 5.97 Å². The second kappa shape index (κ2) is 12.6. The minimum absolute atomic E-state index is 0.322. The van der Waals surface area contributed by atoms with Crippen LogP contribution in [0.25, 0.3) is 6.08 Å². The molecule has 1 fully saturated rings. The van der Waals surface area contributed by atoms with Crippen LogP contribution in [-0.2, 0) is 22.4 Å². The highest BCUT2D eigenvalue weighted by Gasteiger charge is 2.35. The number of aliphatic carboxylic acids is 1. The number of ether oxygens (including phenoxy) is 1. The van der Waals surface area contributed by atoms with Crippen molar-refractivity contribution in [2.45, 2.75) is 64.8 Å². The Hall–Kier alpha value is -3.61. The Morgan fingerprint density at radius 2 is 2.03 bits per heavy atom. The van der Waals surface area contributed by atoms with E-state index in [0.29, 0.717) is 49.1 Å². The maximum Gasteiger partial charge on any atom is 0.331 e. The van der Waals surface area contributed by atoms with Gasteiger partial charge in [0.25, 0.3) is 0 Å². The Morgan fingerprint density at radius 3 is 2.78 bits per heavy atom. The van der Waals surface area contributed by atoms with Crippen LogP contribution in [0.3, 0.4) is 0 Å². The van der Waals surface area contributed by atoms with Crippen molar-refractivity contribution in [3.63, 3.8) is 0 Å². The summed E-state index contributed by atoms with van der Waals surface area (Å²) in [7, 11) is 0. The minimum atomic E-state index is -1.06. The summed E-state index contributed by atoms with van der Waals surface area (Å²) in [6, 6.07) is 4.45. The second-order valence-corrected chi connectivity index (χ2v) is 9.68. The largest absolute Gasteiger partial charge is 0.493 e. The molecule has 4 rings (SSSR count). The van der Waals surface area contributed by atoms with Gasteiger partial charge in [0, 0.05) is 19.0 Å². The third-order valence-corrected chi connectivity index (χ3v) is 7.08. The van der Waals surface area contributed by atoms with Crippen molar-refractivity contribution in [1.82, 2.24) is 9.88 Å². The number of fused-ring (bicyclic) bond motifs is 1. The number of nitrogens with zero attached hydrogens (tertiary/aromatic N) is 2. The molecule has 1 unspecified atom stereocenters. The number of carbonyl (C=O) groups is 2. The van der Waals surface area contributed by atoms with Crippen LogP contribution in [0.4, 0.5) is 0 Å². The fraction of sp³-hybridized carbons (Fsp3) is 0.433. The highest BCUT2D eigenvalue weighted by atomic mass is 16.5. The summed E-state index contributed by atoms with van der Waals surface area (Å²) in [5.41, 5.74) is 2.37. The SMILES string of the molecule is CC=CC=CC(=O)N1CCc2ccc(OCCc3nc(/C=C/C4CCCCC4)oc3C)cc2C1C(=O)O. The molecule has 196 valence electrons. The van der Waals surface area contributed by atoms with Crippen molar-refractivity contribution in [2.75, 3.05) is 13.2 Å². The van der Waals surface area contributed by atoms with E-state index < -0.39 is 12.0 Å². The average molecular weight is 505 g/mol. The quantitative estimate of drug-likeness (QED) is 0.341. The van der Waals surface area contributed by atoms with Gasteiger partial charge in [-0.05, 0) is 68.4 Å². The molecule has 7 heteroatoms. The molecule has 1 aliphatic heterocycles. The van der Waals surface area contributed by atoms with E-state index in [1.807, 2.05) is 38.1 Å². The zero-order valence-electron chi connectivity index (χ0n) is 21.7. The van der Waals surface area contributed by atoms with E-state index in [0.717, 1.165) is 17.0 Å². The van der Waals surface area contributed by atoms with Crippen LogP contribution >= 0.6 is 0 Å². The molecule has 2 aliphatic rings. The summed E-state index contributed by atoms with van der Waals surface area (Å²) in [6.45, 7) is 4.50. The monoisotopic (exact) mass is 504 g/mol. The molecular formula is C30H36N2O5. The molecule has 37 heavy (non-hydrogen) atoms. The lowest BCUT2D eigenvalue weighted by Crippen LogP contribution is -2.42. The van der Waals surface area contributed by atoms with Crippen molar-refractivity contribution in [2.24, 2.45) is 5.92 Å². The number of amides is 1. The highest BCUT2D eigenvalue weighted by Crippen LogP contribution is 2.33. The van der Waals surface area contributed by atoms with E-state index in [4.69, 9.17) is 9.15 Å². The van der Waals surface area contributed by atoms with Gasteiger partial charge in [-0.1, -0.05) is 49.6 Å². The number of oxazole rings is 1. The van der Waals surface area contributed by atoms with Crippen LogP contribution in [0.1, 0.15) is 73.5 Å². The molecule has 1 aromatic heterocycles. The Bertz CT molecular complexity index is 1190. The first-order chi connectivity index (χ1) is 18.0. The summed E-state index contributed by atoms with van der Waals surface area (Å²) >= 11 is 0. The molecule has 0 spiro atoms. The van der Waals surface area contributed by atoms with E-state index in [-0.39, 0.29) is 5.91 Å². The van der Waals surface area contributed by atoms with Crippen LogP contribution in [0.15, 0.2) is 53.0 Å². The number of carboxylic acids is 1. The Morgan fingerprint density at radius 1 is 1.22 bits per heavy atom. The van der Waals surface area contributed by atoms with Crippen molar-refractivity contribution >= 4 is 18.0 Å². The van der Waals surface area contributed by atoms with Gasteiger partial charge < -0.3 is 19.2 Å². The number of carbonyl (C=O) groups excluding carboxylic acids is 1. The van der Waals surface area contributed by atoms with Crippen LogP contribution in [-0.4, -0.2) is 40.0 Å². The lowest BCUT2D eigenvalue weighted by Gasteiger charge is -2.34. The number of aromatic nitrogens is 1. The molecule has 0 bridgehead atoms. The molecular weight excluding hydrogens is 468 g/mol. The first kappa shape index (κ1) is 26.5. The molecule has 1 saturated carbocycles. The number of carboxylic acid groups (broad SMARTS) is 1. The zero-order valence-corrected chi connectivity index (χ0v) is 21.7. The van der Waals surface area contributed by atoms with Crippen LogP contribution < -0.4 is 4.74 Å². The summed E-state index contributed by atoms with van der Waals surface area (Å²) in [5, 5.41) is 9.95. The predicted molar refractivity (Wildman–Crippen MR) is 142 cm³/mol. The maximum atomic E-state index is 12.7. The van der Waals surface area contributed by atoms with Gasteiger partial charge in [-0.2, -0.15) is 0 Å². The van der Waals surface area contributed by atoms with Crippen molar-refractivity contribution in [3.05, 3.63) is 77.1 Å². The molecule has 0 radical (unpaired) electrons. The number of benzene rings is 1. The Kier molecular flexibility index (Phi) is 8.99. The third-order valence-electron chi connectivity index (χ3n) is 7.08. The lowest BCUT2D eigenvalue weighted by molar-refractivity contribution is -0.149. The Balaban J connectivity index is 1.40. The van der Waals surface area contributed by atoms with Gasteiger partial charge in [0.15, 0.2) is 6.04 Å². The third kappa shape index (κ3) is 6.79. The summed E-state index contributed by atoms with van der Waals surface area (Å²) in [5.74, 6) is 1.21. The number of rotatable bonds is 9. The lowest BCUT2D eigenvalue weighted by atomic mass is 9.89. The maximum absolute atomic E-state index is 12.7. The fourth-order valence-electron chi connectivity index (χ4n) is 5.10. The number of aryl methyl sites for hydroxylation is 1. The summed E-state index contributed by atoms with van der Waals surface area (Å²) in [6.07, 6.45) is 18.3. The van der Waals surface area contributed by atoms with E-state index in [9.17, 15) is 14.7 Å². The van der Waals surface area contributed by atoms with Crippen LogP contribution in [0, 0.1) is 12.8 Å². The van der Waals surface area contributed by atoms with Gasteiger partial charge in [0.2, 0.25) is 11.8 Å². The topological polar surface area (TPSA) is 92.9 Å². The number of allylic oxidation sites excluding steroid dienone is 4. The van der Waals surface area contributed by atoms with E-state index in [1.54, 1.807) is 18.2 Å². The van der Waals surface area contributed by atoms with Crippen molar-refractivity contribution in [3.8, 4) is 5.75 Å². The van der Waals surface area contributed by atoms with Gasteiger partial charge in [0.1, 0.15) is 11.5 Å². The average Bonchev–Trinajstić information content (AvgIpc) is 3.26. The molecule has 1 aliphatic carbocycles. The smallest absolute Gasteiger partial charge is 0.331 e. The summed E-state index contributed by atoms with van der Waals surface area (Å²) in [4.78, 5) is 30.9. The van der Waals surface area contributed by atoms with Crippen molar-refractivity contribution < 1.29 is 23.8 Å². The molecule has 0 saturated heterocycles. The molecule has 2 heterocycles. The predicted octanol–water partition coefficient (Wildman–Crippen LogP) is 5.84. The van der Waals surface area contributed by atoms with E-state index in [2.05, 4.69) is 11.1 Å². The van der Waals surface area contributed by atoms with Crippen LogP contribution in [0.2, 0.25) is 0 Å².